The molecule has 0 radical (unpaired) electrons. The molecule has 0 aliphatic carbocycles. The Hall–Kier alpha value is -5.42. The standard InChI is InChI=1S/C36H40N6O5/c1-21(2)32(35(45)41-31(36(46)47)16-22-10-4-3-5-11-22)42-34(44)30(18-24-20-39-29-15-9-7-13-26(24)29)40-33(43)27(37)17-23-19-38-28-14-8-6-12-25(23)28/h3-15,19-21,27,30-32,38-39H,16-18,37H2,1-2H3,(H,40,43)(H,41,45)(H,42,44)(H,46,47). The van der Waals surface area contributed by atoms with E-state index >= 15 is 0 Å². The number of para-hydroxylation sites is 2. The minimum absolute atomic E-state index is 0.0776. The first-order valence-electron chi connectivity index (χ1n) is 15.6. The molecule has 0 saturated heterocycles. The van der Waals surface area contributed by atoms with Crippen molar-refractivity contribution in [2.75, 3.05) is 0 Å². The smallest absolute Gasteiger partial charge is 0.326 e. The van der Waals surface area contributed by atoms with E-state index in [4.69, 9.17) is 5.73 Å². The molecule has 5 aromatic rings. The van der Waals surface area contributed by atoms with E-state index in [-0.39, 0.29) is 19.3 Å². The molecule has 0 aliphatic heterocycles. The third-order valence-corrected chi connectivity index (χ3v) is 8.33. The largest absolute Gasteiger partial charge is 0.480 e. The van der Waals surface area contributed by atoms with Gasteiger partial charge in [-0.15, -0.1) is 0 Å². The number of amides is 3. The van der Waals surface area contributed by atoms with Crippen molar-refractivity contribution in [1.29, 1.82) is 0 Å². The van der Waals surface area contributed by atoms with Crippen molar-refractivity contribution < 1.29 is 24.3 Å². The number of carboxylic acid groups (broad SMARTS) is 1. The number of carboxylic acids is 1. The van der Waals surface area contributed by atoms with E-state index in [1.807, 2.05) is 60.8 Å². The second-order valence-electron chi connectivity index (χ2n) is 12.1. The van der Waals surface area contributed by atoms with Crippen molar-refractivity contribution in [2.24, 2.45) is 11.7 Å². The Morgan fingerprint density at radius 3 is 1.77 bits per heavy atom. The summed E-state index contributed by atoms with van der Waals surface area (Å²) in [6, 6.07) is 20.0. The average Bonchev–Trinajstić information content (AvgIpc) is 3.67. The molecule has 2 heterocycles. The molecule has 2 aromatic heterocycles. The van der Waals surface area contributed by atoms with Crippen LogP contribution in [0.2, 0.25) is 0 Å². The van der Waals surface area contributed by atoms with Gasteiger partial charge in [0, 0.05) is 47.0 Å². The number of carbonyl (C=O) groups excluding carboxylic acids is 3. The number of rotatable bonds is 14. The summed E-state index contributed by atoms with van der Waals surface area (Å²) in [5.41, 5.74) is 10.6. The lowest BCUT2D eigenvalue weighted by Gasteiger charge is -2.27. The number of hydrogen-bond donors (Lipinski definition) is 7. The number of carbonyl (C=O) groups is 4. The Morgan fingerprint density at radius 1 is 0.660 bits per heavy atom. The van der Waals surface area contributed by atoms with Crippen LogP contribution in [0.4, 0.5) is 0 Å². The van der Waals surface area contributed by atoms with Gasteiger partial charge in [-0.2, -0.15) is 0 Å². The molecule has 0 spiro atoms. The van der Waals surface area contributed by atoms with Gasteiger partial charge in [-0.05, 0) is 41.2 Å². The molecular formula is C36H40N6O5. The summed E-state index contributed by atoms with van der Waals surface area (Å²) in [5.74, 6) is -3.32. The third kappa shape index (κ3) is 8.06. The fraction of sp³-hybridized carbons (Fsp3) is 0.278. The number of benzene rings is 3. The van der Waals surface area contributed by atoms with Crippen LogP contribution in [-0.2, 0) is 38.4 Å². The first kappa shape index (κ1) is 33.0. The number of aromatic nitrogens is 2. The zero-order valence-corrected chi connectivity index (χ0v) is 26.3. The van der Waals surface area contributed by atoms with E-state index < -0.39 is 53.8 Å². The van der Waals surface area contributed by atoms with Gasteiger partial charge in [0.25, 0.3) is 0 Å². The third-order valence-electron chi connectivity index (χ3n) is 8.33. The second-order valence-corrected chi connectivity index (χ2v) is 12.1. The quantitative estimate of drug-likeness (QED) is 0.0982. The van der Waals surface area contributed by atoms with E-state index in [0.29, 0.717) is 0 Å². The van der Waals surface area contributed by atoms with Crippen LogP contribution in [0.25, 0.3) is 21.8 Å². The van der Waals surface area contributed by atoms with Crippen LogP contribution >= 0.6 is 0 Å². The summed E-state index contributed by atoms with van der Waals surface area (Å²) in [6.07, 6.45) is 4.05. The molecule has 4 unspecified atom stereocenters. The summed E-state index contributed by atoms with van der Waals surface area (Å²) in [7, 11) is 0. The maximum absolute atomic E-state index is 13.9. The number of fused-ring (bicyclic) bond motifs is 2. The molecule has 11 nitrogen and oxygen atoms in total. The minimum Gasteiger partial charge on any atom is -0.480 e. The number of hydrogen-bond acceptors (Lipinski definition) is 5. The molecule has 0 aliphatic rings. The fourth-order valence-electron chi connectivity index (χ4n) is 5.74. The van der Waals surface area contributed by atoms with Gasteiger partial charge >= 0.3 is 5.97 Å². The van der Waals surface area contributed by atoms with Crippen LogP contribution in [-0.4, -0.2) is 62.9 Å². The number of aliphatic carboxylic acids is 1. The molecule has 3 amide bonds. The van der Waals surface area contributed by atoms with Crippen LogP contribution in [0.5, 0.6) is 0 Å². The van der Waals surface area contributed by atoms with E-state index in [9.17, 15) is 24.3 Å². The average molecular weight is 637 g/mol. The second kappa shape index (κ2) is 14.8. The number of nitrogens with two attached hydrogens (primary N) is 1. The van der Waals surface area contributed by atoms with Crippen molar-refractivity contribution in [1.82, 2.24) is 25.9 Å². The lowest BCUT2D eigenvalue weighted by atomic mass is 9.99. The Bertz CT molecular complexity index is 1860. The molecule has 4 atom stereocenters. The molecule has 11 heteroatoms. The number of nitrogens with one attached hydrogen (secondary N) is 5. The van der Waals surface area contributed by atoms with E-state index in [2.05, 4.69) is 25.9 Å². The highest BCUT2D eigenvalue weighted by Gasteiger charge is 2.32. The predicted molar refractivity (Wildman–Crippen MR) is 180 cm³/mol. The van der Waals surface area contributed by atoms with Crippen molar-refractivity contribution in [3.05, 3.63) is 108 Å². The molecule has 47 heavy (non-hydrogen) atoms. The molecule has 0 fully saturated rings. The normalized spacial score (nSPS) is 14.0. The van der Waals surface area contributed by atoms with Crippen molar-refractivity contribution in [2.45, 2.75) is 57.3 Å². The highest BCUT2D eigenvalue weighted by atomic mass is 16.4. The maximum Gasteiger partial charge on any atom is 0.326 e. The summed E-state index contributed by atoms with van der Waals surface area (Å²) in [6.45, 7) is 3.50. The van der Waals surface area contributed by atoms with Crippen molar-refractivity contribution in [3.8, 4) is 0 Å². The van der Waals surface area contributed by atoms with E-state index in [0.717, 1.165) is 38.5 Å². The summed E-state index contributed by atoms with van der Waals surface area (Å²) < 4.78 is 0. The molecule has 0 saturated carbocycles. The van der Waals surface area contributed by atoms with Crippen molar-refractivity contribution >= 4 is 45.5 Å². The lowest BCUT2D eigenvalue weighted by molar-refractivity contribution is -0.142. The van der Waals surface area contributed by atoms with Gasteiger partial charge in [-0.25, -0.2) is 4.79 Å². The van der Waals surface area contributed by atoms with E-state index in [1.54, 1.807) is 44.3 Å². The Morgan fingerprint density at radius 2 is 1.19 bits per heavy atom. The highest BCUT2D eigenvalue weighted by Crippen LogP contribution is 2.21. The SMILES string of the molecule is CC(C)C(NC(=O)C(Cc1c[nH]c2ccccc12)NC(=O)C(N)Cc1c[nH]c2ccccc12)C(=O)NC(Cc1ccccc1)C(=O)O. The minimum atomic E-state index is -1.20. The number of aromatic amines is 2. The van der Waals surface area contributed by atoms with E-state index in [1.165, 1.54) is 0 Å². The zero-order chi connectivity index (χ0) is 33.5. The van der Waals surface area contributed by atoms with Gasteiger partial charge in [0.1, 0.15) is 18.1 Å². The molecule has 3 aromatic carbocycles. The molecular weight excluding hydrogens is 596 g/mol. The lowest BCUT2D eigenvalue weighted by Crippen LogP contribution is -2.59. The zero-order valence-electron chi connectivity index (χ0n) is 26.3. The van der Waals surface area contributed by atoms with Crippen LogP contribution in [0.15, 0.2) is 91.3 Å². The topological polar surface area (TPSA) is 182 Å². The molecule has 8 N–H and O–H groups in total. The number of H-pyrrole nitrogens is 2. The van der Waals surface area contributed by atoms with Gasteiger partial charge < -0.3 is 36.8 Å². The van der Waals surface area contributed by atoms with Crippen molar-refractivity contribution in [3.63, 3.8) is 0 Å². The fourth-order valence-corrected chi connectivity index (χ4v) is 5.74. The van der Waals surface area contributed by atoms with Gasteiger partial charge in [0.05, 0.1) is 6.04 Å². The van der Waals surface area contributed by atoms with Gasteiger partial charge in [0.15, 0.2) is 0 Å². The summed E-state index contributed by atoms with van der Waals surface area (Å²) in [4.78, 5) is 59.3. The first-order chi connectivity index (χ1) is 22.6. The van der Waals surface area contributed by atoms with Gasteiger partial charge in [-0.1, -0.05) is 80.6 Å². The van der Waals surface area contributed by atoms with Crippen LogP contribution < -0.4 is 21.7 Å². The monoisotopic (exact) mass is 636 g/mol. The van der Waals surface area contributed by atoms with Crippen LogP contribution in [0, 0.1) is 5.92 Å². The Labute approximate surface area is 272 Å². The molecule has 0 bridgehead atoms. The predicted octanol–water partition coefficient (Wildman–Crippen LogP) is 3.20. The van der Waals surface area contributed by atoms with Gasteiger partial charge in [-0.3, -0.25) is 14.4 Å². The maximum atomic E-state index is 13.9. The Balaban J connectivity index is 1.34. The first-order valence-corrected chi connectivity index (χ1v) is 15.6. The highest BCUT2D eigenvalue weighted by molar-refractivity contribution is 5.95. The van der Waals surface area contributed by atoms with Crippen LogP contribution in [0.3, 0.4) is 0 Å². The molecule has 244 valence electrons. The molecule has 5 rings (SSSR count). The summed E-state index contributed by atoms with van der Waals surface area (Å²) >= 11 is 0. The van der Waals surface area contributed by atoms with Crippen LogP contribution in [0.1, 0.15) is 30.5 Å². The summed E-state index contributed by atoms with van der Waals surface area (Å²) in [5, 5.41) is 19.9. The Kier molecular flexibility index (Phi) is 10.4. The van der Waals surface area contributed by atoms with Gasteiger partial charge in [0.2, 0.25) is 17.7 Å².